The molecular formula is C14H26N2S. The van der Waals surface area contributed by atoms with Crippen molar-refractivity contribution < 1.29 is 0 Å². The first-order valence-corrected chi connectivity index (χ1v) is 8.55. The summed E-state index contributed by atoms with van der Waals surface area (Å²) in [4.78, 5) is 2.73. The van der Waals surface area contributed by atoms with Crippen LogP contribution < -0.4 is 5.32 Å². The Morgan fingerprint density at radius 3 is 2.71 bits per heavy atom. The topological polar surface area (TPSA) is 15.3 Å². The van der Waals surface area contributed by atoms with Crippen LogP contribution in [0.15, 0.2) is 0 Å². The van der Waals surface area contributed by atoms with Crippen LogP contribution in [-0.2, 0) is 0 Å². The lowest BCUT2D eigenvalue weighted by Crippen LogP contribution is -2.48. The Kier molecular flexibility index (Phi) is 4.30. The van der Waals surface area contributed by atoms with Crippen molar-refractivity contribution in [1.82, 2.24) is 10.2 Å². The molecule has 0 bridgehead atoms. The van der Waals surface area contributed by atoms with Crippen LogP contribution in [-0.4, -0.2) is 47.6 Å². The van der Waals surface area contributed by atoms with Crippen LogP contribution in [0, 0.1) is 0 Å². The predicted molar refractivity (Wildman–Crippen MR) is 75.7 cm³/mol. The fourth-order valence-corrected chi connectivity index (χ4v) is 4.53. The minimum absolute atomic E-state index is 0.796. The predicted octanol–water partition coefficient (Wildman–Crippen LogP) is 2.49. The Balaban J connectivity index is 1.42. The number of nitrogens with one attached hydrogen (secondary N) is 1. The summed E-state index contributed by atoms with van der Waals surface area (Å²) in [7, 11) is 0. The van der Waals surface area contributed by atoms with Crippen molar-refractivity contribution in [3.63, 3.8) is 0 Å². The fraction of sp³-hybridized carbons (Fsp3) is 1.00. The molecule has 0 spiro atoms. The second-order valence-corrected chi connectivity index (χ2v) is 7.44. The monoisotopic (exact) mass is 254 g/mol. The first-order chi connectivity index (χ1) is 8.40. The van der Waals surface area contributed by atoms with E-state index in [2.05, 4.69) is 22.0 Å². The molecule has 3 heteroatoms. The number of thioether (sulfide) groups is 1. The summed E-state index contributed by atoms with van der Waals surface area (Å²) in [6.45, 7) is 4.01. The summed E-state index contributed by atoms with van der Waals surface area (Å²) in [5, 5.41) is 4.75. The van der Waals surface area contributed by atoms with Crippen molar-refractivity contribution >= 4 is 11.8 Å². The van der Waals surface area contributed by atoms with Gasteiger partial charge in [-0.05, 0) is 50.8 Å². The van der Waals surface area contributed by atoms with Crippen LogP contribution in [0.2, 0.25) is 0 Å². The van der Waals surface area contributed by atoms with Gasteiger partial charge in [0.1, 0.15) is 0 Å². The maximum atomic E-state index is 3.81. The van der Waals surface area contributed by atoms with E-state index in [1.165, 1.54) is 70.3 Å². The molecule has 0 aromatic carbocycles. The third kappa shape index (κ3) is 3.87. The number of likely N-dealkylation sites (tertiary alicyclic amines) is 1. The molecule has 0 amide bonds. The van der Waals surface area contributed by atoms with Gasteiger partial charge in [0.2, 0.25) is 0 Å². The van der Waals surface area contributed by atoms with Gasteiger partial charge in [0.05, 0.1) is 0 Å². The van der Waals surface area contributed by atoms with Crippen LogP contribution in [0.25, 0.3) is 0 Å². The molecule has 2 heterocycles. The number of hydrogen-bond donors (Lipinski definition) is 1. The smallest absolute Gasteiger partial charge is 0.0198 e. The maximum Gasteiger partial charge on any atom is 0.0198 e. The third-order valence-electron chi connectivity index (χ3n) is 4.29. The zero-order chi connectivity index (χ0) is 11.5. The van der Waals surface area contributed by atoms with E-state index in [-0.39, 0.29) is 0 Å². The van der Waals surface area contributed by atoms with Gasteiger partial charge in [0.15, 0.2) is 0 Å². The second kappa shape index (κ2) is 5.94. The summed E-state index contributed by atoms with van der Waals surface area (Å²) in [6.07, 6.45) is 10.0. The Bertz CT molecular complexity index is 236. The second-order valence-electron chi connectivity index (χ2n) is 6.03. The largest absolute Gasteiger partial charge is 0.310 e. The fourth-order valence-electron chi connectivity index (χ4n) is 3.18. The van der Waals surface area contributed by atoms with Crippen molar-refractivity contribution in [3.8, 4) is 0 Å². The Hall–Kier alpha value is 0.270. The summed E-state index contributed by atoms with van der Waals surface area (Å²) >= 11 is 2.22. The molecule has 2 atom stereocenters. The molecule has 3 fully saturated rings. The van der Waals surface area contributed by atoms with Gasteiger partial charge >= 0.3 is 0 Å². The molecule has 2 saturated heterocycles. The average molecular weight is 254 g/mol. The number of nitrogens with zero attached hydrogens (tertiary/aromatic N) is 1. The Morgan fingerprint density at radius 1 is 1.00 bits per heavy atom. The van der Waals surface area contributed by atoms with Crippen LogP contribution in [0.1, 0.15) is 44.9 Å². The van der Waals surface area contributed by atoms with Crippen LogP contribution in [0.4, 0.5) is 0 Å². The van der Waals surface area contributed by atoms with Crippen molar-refractivity contribution in [3.05, 3.63) is 0 Å². The lowest BCUT2D eigenvalue weighted by Gasteiger charge is -2.36. The van der Waals surface area contributed by atoms with E-state index in [1.807, 2.05) is 0 Å². The zero-order valence-electron chi connectivity index (χ0n) is 10.9. The molecular weight excluding hydrogens is 228 g/mol. The molecule has 2 aliphatic heterocycles. The molecule has 0 aromatic heterocycles. The van der Waals surface area contributed by atoms with E-state index in [0.29, 0.717) is 0 Å². The van der Waals surface area contributed by atoms with Gasteiger partial charge in [-0.2, -0.15) is 11.8 Å². The van der Waals surface area contributed by atoms with Gasteiger partial charge in [0, 0.05) is 30.4 Å². The van der Waals surface area contributed by atoms with Gasteiger partial charge < -0.3 is 10.2 Å². The standard InChI is InChI=1S/C14H26N2S/c1-2-9-17-14(5-1)11-16-8-3-4-13(10-16)15-12-6-7-12/h12-15H,1-11H2. The number of piperidine rings is 1. The van der Waals surface area contributed by atoms with E-state index in [4.69, 9.17) is 0 Å². The first-order valence-electron chi connectivity index (χ1n) is 7.50. The number of hydrogen-bond acceptors (Lipinski definition) is 3. The quantitative estimate of drug-likeness (QED) is 0.830. The van der Waals surface area contributed by atoms with E-state index < -0.39 is 0 Å². The molecule has 2 nitrogen and oxygen atoms in total. The van der Waals surface area contributed by atoms with Crippen LogP contribution >= 0.6 is 11.8 Å². The van der Waals surface area contributed by atoms with Gasteiger partial charge in [-0.25, -0.2) is 0 Å². The average Bonchev–Trinajstić information content (AvgIpc) is 3.15. The molecule has 98 valence electrons. The summed E-state index contributed by atoms with van der Waals surface area (Å²) < 4.78 is 0. The van der Waals surface area contributed by atoms with Crippen molar-refractivity contribution in [1.29, 1.82) is 0 Å². The van der Waals surface area contributed by atoms with Crippen molar-refractivity contribution in [2.45, 2.75) is 62.3 Å². The molecule has 1 saturated carbocycles. The van der Waals surface area contributed by atoms with Crippen molar-refractivity contribution in [2.75, 3.05) is 25.4 Å². The molecule has 1 N–H and O–H groups in total. The molecule has 0 radical (unpaired) electrons. The third-order valence-corrected chi connectivity index (χ3v) is 5.67. The lowest BCUT2D eigenvalue weighted by atomic mass is 10.0. The molecule has 17 heavy (non-hydrogen) atoms. The lowest BCUT2D eigenvalue weighted by molar-refractivity contribution is 0.188. The Labute approximate surface area is 110 Å². The molecule has 0 aromatic rings. The highest BCUT2D eigenvalue weighted by atomic mass is 32.2. The van der Waals surface area contributed by atoms with Crippen molar-refractivity contribution in [2.24, 2.45) is 0 Å². The maximum absolute atomic E-state index is 3.81. The van der Waals surface area contributed by atoms with E-state index in [1.54, 1.807) is 0 Å². The van der Waals surface area contributed by atoms with Gasteiger partial charge in [0.25, 0.3) is 0 Å². The zero-order valence-corrected chi connectivity index (χ0v) is 11.7. The molecule has 3 rings (SSSR count). The molecule has 1 aliphatic carbocycles. The minimum Gasteiger partial charge on any atom is -0.310 e. The normalized spacial score (nSPS) is 36.0. The van der Waals surface area contributed by atoms with Gasteiger partial charge in [-0.15, -0.1) is 0 Å². The highest BCUT2D eigenvalue weighted by Gasteiger charge is 2.28. The SMILES string of the molecule is C1CCC(CN2CCCC(NC3CC3)C2)SC1. The van der Waals surface area contributed by atoms with Crippen LogP contribution in [0.5, 0.6) is 0 Å². The minimum atomic E-state index is 0.796. The van der Waals surface area contributed by atoms with Gasteiger partial charge in [-0.3, -0.25) is 0 Å². The highest BCUT2D eigenvalue weighted by molar-refractivity contribution is 7.99. The van der Waals surface area contributed by atoms with E-state index in [9.17, 15) is 0 Å². The van der Waals surface area contributed by atoms with E-state index >= 15 is 0 Å². The summed E-state index contributed by atoms with van der Waals surface area (Å²) in [5.41, 5.74) is 0. The highest BCUT2D eigenvalue weighted by Crippen LogP contribution is 2.27. The first kappa shape index (κ1) is 12.3. The molecule has 3 aliphatic rings. The van der Waals surface area contributed by atoms with E-state index in [0.717, 1.165) is 17.3 Å². The van der Waals surface area contributed by atoms with Crippen LogP contribution in [0.3, 0.4) is 0 Å². The van der Waals surface area contributed by atoms with Gasteiger partial charge in [-0.1, -0.05) is 6.42 Å². The Morgan fingerprint density at radius 2 is 1.94 bits per heavy atom. The number of rotatable bonds is 4. The summed E-state index contributed by atoms with van der Waals surface area (Å²) in [5.74, 6) is 1.41. The summed E-state index contributed by atoms with van der Waals surface area (Å²) in [6, 6.07) is 1.67. The molecule has 2 unspecified atom stereocenters.